The van der Waals surface area contributed by atoms with Crippen LogP contribution in [0.25, 0.3) is 21.8 Å². The molecule has 3 aromatic carbocycles. The summed E-state index contributed by atoms with van der Waals surface area (Å²) in [6.07, 6.45) is 0. The predicted octanol–water partition coefficient (Wildman–Crippen LogP) is 4.22. The molecule has 0 atom stereocenters. The first kappa shape index (κ1) is 16.3. The van der Waals surface area contributed by atoms with E-state index in [4.69, 9.17) is 4.98 Å². The molecule has 26 heavy (non-hydrogen) atoms. The predicted molar refractivity (Wildman–Crippen MR) is 105 cm³/mol. The van der Waals surface area contributed by atoms with E-state index in [0.717, 1.165) is 23.4 Å². The van der Waals surface area contributed by atoms with Crippen molar-refractivity contribution in [3.05, 3.63) is 78.1 Å². The highest BCUT2D eigenvalue weighted by molar-refractivity contribution is 5.86. The van der Waals surface area contributed by atoms with E-state index < -0.39 is 0 Å². The van der Waals surface area contributed by atoms with Gasteiger partial charge in [-0.25, -0.2) is 4.98 Å². The van der Waals surface area contributed by atoms with Gasteiger partial charge in [0.2, 0.25) is 5.91 Å². The number of carbonyl (C=O) groups excluding carboxylic acids is 1. The monoisotopic (exact) mass is 343 g/mol. The Kier molecular flexibility index (Phi) is 4.17. The number of imidazole rings is 1. The molecule has 4 heteroatoms. The quantitative estimate of drug-likeness (QED) is 0.556. The van der Waals surface area contributed by atoms with E-state index in [1.807, 2.05) is 25.2 Å². The lowest BCUT2D eigenvalue weighted by Gasteiger charge is -2.17. The molecule has 0 fully saturated rings. The summed E-state index contributed by atoms with van der Waals surface area (Å²) >= 11 is 0. The Labute approximate surface area is 152 Å². The minimum Gasteiger partial charge on any atom is -0.339 e. The van der Waals surface area contributed by atoms with Gasteiger partial charge in [0, 0.05) is 14.0 Å². The van der Waals surface area contributed by atoms with Gasteiger partial charge in [-0.2, -0.15) is 0 Å². The zero-order valence-electron chi connectivity index (χ0n) is 15.0. The second kappa shape index (κ2) is 6.64. The van der Waals surface area contributed by atoms with Crippen molar-refractivity contribution in [3.63, 3.8) is 0 Å². The third kappa shape index (κ3) is 2.94. The number of benzene rings is 3. The van der Waals surface area contributed by atoms with Gasteiger partial charge in [0.25, 0.3) is 0 Å². The number of carbonyl (C=O) groups is 1. The Morgan fingerprint density at radius 3 is 2.58 bits per heavy atom. The van der Waals surface area contributed by atoms with Crippen LogP contribution in [-0.4, -0.2) is 27.4 Å². The van der Waals surface area contributed by atoms with Crippen molar-refractivity contribution < 1.29 is 4.79 Å². The maximum atomic E-state index is 11.7. The molecule has 1 heterocycles. The summed E-state index contributed by atoms with van der Waals surface area (Å²) in [6.45, 7) is 2.80. The molecule has 0 saturated carbocycles. The van der Waals surface area contributed by atoms with Gasteiger partial charge in [-0.15, -0.1) is 0 Å². The maximum Gasteiger partial charge on any atom is 0.219 e. The molecular weight excluding hydrogens is 322 g/mol. The normalized spacial score (nSPS) is 11.2. The highest BCUT2D eigenvalue weighted by Gasteiger charge is 2.14. The minimum atomic E-state index is 0.0359. The second-order valence-corrected chi connectivity index (χ2v) is 6.62. The Balaban J connectivity index is 1.83. The zero-order chi connectivity index (χ0) is 18.1. The number of hydrogen-bond donors (Lipinski definition) is 0. The number of amides is 1. The standard InChI is InChI=1S/C22H21N3O/c1-16(26)24(2)15-22-23-20-12-5-6-13-21(20)25(22)14-18-10-7-9-17-8-3-4-11-19(17)18/h3-13H,14-15H2,1-2H3. The third-order valence-corrected chi connectivity index (χ3v) is 4.86. The molecule has 0 radical (unpaired) electrons. The van der Waals surface area contributed by atoms with E-state index in [1.165, 1.54) is 16.3 Å². The Morgan fingerprint density at radius 1 is 1.00 bits per heavy atom. The van der Waals surface area contributed by atoms with Gasteiger partial charge >= 0.3 is 0 Å². The molecule has 0 aliphatic carbocycles. The number of hydrogen-bond acceptors (Lipinski definition) is 2. The number of rotatable bonds is 4. The fraction of sp³-hybridized carbons (Fsp3) is 0.182. The number of aromatic nitrogens is 2. The molecule has 0 aliphatic heterocycles. The first-order chi connectivity index (χ1) is 12.6. The van der Waals surface area contributed by atoms with Gasteiger partial charge in [-0.05, 0) is 28.5 Å². The van der Waals surface area contributed by atoms with Gasteiger partial charge < -0.3 is 9.47 Å². The Morgan fingerprint density at radius 2 is 1.73 bits per heavy atom. The van der Waals surface area contributed by atoms with Crippen LogP contribution in [0.3, 0.4) is 0 Å². The zero-order valence-corrected chi connectivity index (χ0v) is 15.0. The first-order valence-corrected chi connectivity index (χ1v) is 8.76. The summed E-state index contributed by atoms with van der Waals surface area (Å²) in [4.78, 5) is 18.2. The molecule has 4 aromatic rings. The Bertz CT molecular complexity index is 1090. The average Bonchev–Trinajstić information content (AvgIpc) is 2.99. The molecule has 0 unspecified atom stereocenters. The van der Waals surface area contributed by atoms with E-state index in [-0.39, 0.29) is 5.91 Å². The van der Waals surface area contributed by atoms with Crippen LogP contribution in [-0.2, 0) is 17.9 Å². The van der Waals surface area contributed by atoms with Crippen LogP contribution >= 0.6 is 0 Å². The smallest absolute Gasteiger partial charge is 0.219 e. The lowest BCUT2D eigenvalue weighted by Crippen LogP contribution is -2.25. The average molecular weight is 343 g/mol. The number of nitrogens with zero attached hydrogens (tertiary/aromatic N) is 3. The number of fused-ring (bicyclic) bond motifs is 2. The fourth-order valence-electron chi connectivity index (χ4n) is 3.35. The molecule has 1 amide bonds. The topological polar surface area (TPSA) is 38.1 Å². The molecule has 0 bridgehead atoms. The van der Waals surface area contributed by atoms with Gasteiger partial charge in [0.1, 0.15) is 5.82 Å². The summed E-state index contributed by atoms with van der Waals surface area (Å²) in [5.41, 5.74) is 3.30. The summed E-state index contributed by atoms with van der Waals surface area (Å²) in [6, 6.07) is 23.0. The molecular formula is C22H21N3O. The van der Waals surface area contributed by atoms with Crippen LogP contribution in [0.5, 0.6) is 0 Å². The summed E-state index contributed by atoms with van der Waals surface area (Å²) in [7, 11) is 1.81. The van der Waals surface area contributed by atoms with Gasteiger partial charge in [0.05, 0.1) is 24.1 Å². The SMILES string of the molecule is CC(=O)N(C)Cc1nc2ccccc2n1Cc1cccc2ccccc12. The minimum absolute atomic E-state index is 0.0359. The van der Waals surface area contributed by atoms with E-state index >= 15 is 0 Å². The van der Waals surface area contributed by atoms with Crippen molar-refractivity contribution in [1.29, 1.82) is 0 Å². The van der Waals surface area contributed by atoms with Crippen LogP contribution in [0.4, 0.5) is 0 Å². The van der Waals surface area contributed by atoms with Crippen LogP contribution in [0.15, 0.2) is 66.7 Å². The van der Waals surface area contributed by atoms with Gasteiger partial charge in [0.15, 0.2) is 0 Å². The third-order valence-electron chi connectivity index (χ3n) is 4.86. The van der Waals surface area contributed by atoms with Crippen molar-refractivity contribution >= 4 is 27.7 Å². The molecule has 0 spiro atoms. The van der Waals surface area contributed by atoms with Crippen LogP contribution in [0.1, 0.15) is 18.3 Å². The fourth-order valence-corrected chi connectivity index (χ4v) is 3.35. The van der Waals surface area contributed by atoms with Crippen molar-refractivity contribution in [2.24, 2.45) is 0 Å². The Hall–Kier alpha value is -3.14. The lowest BCUT2D eigenvalue weighted by atomic mass is 10.0. The molecule has 4 rings (SSSR count). The summed E-state index contributed by atoms with van der Waals surface area (Å²) in [5.74, 6) is 0.936. The van der Waals surface area contributed by atoms with Crippen molar-refractivity contribution in [2.75, 3.05) is 7.05 Å². The first-order valence-electron chi connectivity index (χ1n) is 8.76. The maximum absolute atomic E-state index is 11.7. The highest BCUT2D eigenvalue weighted by Crippen LogP contribution is 2.23. The molecule has 1 aromatic heterocycles. The van der Waals surface area contributed by atoms with Gasteiger partial charge in [-0.3, -0.25) is 4.79 Å². The summed E-state index contributed by atoms with van der Waals surface area (Å²) in [5, 5.41) is 2.48. The van der Waals surface area contributed by atoms with Crippen LogP contribution in [0, 0.1) is 0 Å². The molecule has 130 valence electrons. The molecule has 0 saturated heterocycles. The summed E-state index contributed by atoms with van der Waals surface area (Å²) < 4.78 is 2.22. The van der Waals surface area contributed by atoms with Crippen molar-refractivity contribution in [2.45, 2.75) is 20.0 Å². The number of para-hydroxylation sites is 2. The van der Waals surface area contributed by atoms with Crippen molar-refractivity contribution in [3.8, 4) is 0 Å². The molecule has 0 aliphatic rings. The van der Waals surface area contributed by atoms with E-state index in [9.17, 15) is 4.79 Å². The van der Waals surface area contributed by atoms with Gasteiger partial charge in [-0.1, -0.05) is 54.6 Å². The molecule has 0 N–H and O–H groups in total. The van der Waals surface area contributed by atoms with E-state index in [2.05, 4.69) is 53.1 Å². The van der Waals surface area contributed by atoms with Crippen LogP contribution < -0.4 is 0 Å². The second-order valence-electron chi connectivity index (χ2n) is 6.62. The molecule has 4 nitrogen and oxygen atoms in total. The highest BCUT2D eigenvalue weighted by atomic mass is 16.2. The van der Waals surface area contributed by atoms with Crippen LogP contribution in [0.2, 0.25) is 0 Å². The van der Waals surface area contributed by atoms with E-state index in [0.29, 0.717) is 6.54 Å². The van der Waals surface area contributed by atoms with Crippen molar-refractivity contribution in [1.82, 2.24) is 14.5 Å². The lowest BCUT2D eigenvalue weighted by molar-refractivity contribution is -0.128. The van der Waals surface area contributed by atoms with E-state index in [1.54, 1.807) is 11.8 Å². The largest absolute Gasteiger partial charge is 0.339 e.